The fourth-order valence-corrected chi connectivity index (χ4v) is 1.47. The lowest BCUT2D eigenvalue weighted by atomic mass is 10.3. The van der Waals surface area contributed by atoms with Crippen LogP contribution in [0.3, 0.4) is 0 Å². The Labute approximate surface area is 95.4 Å². The lowest BCUT2D eigenvalue weighted by molar-refractivity contribution is -0.138. The fourth-order valence-electron chi connectivity index (χ4n) is 0.692. The Bertz CT molecular complexity index is 152. The van der Waals surface area contributed by atoms with Crippen LogP contribution in [0, 0.1) is 0 Å². The molecule has 0 aliphatic rings. The molecule has 7 heteroatoms. The highest BCUT2D eigenvalue weighted by Crippen LogP contribution is 2.22. The van der Waals surface area contributed by atoms with Gasteiger partial charge in [0.1, 0.15) is 10.4 Å². The molecular weight excluding hydrogens is 263 g/mol. The summed E-state index contributed by atoms with van der Waals surface area (Å²) in [5, 5.41) is 0. The third-order valence-corrected chi connectivity index (χ3v) is 1.93. The van der Waals surface area contributed by atoms with Crippen LogP contribution in [0.1, 0.15) is 19.3 Å². The van der Waals surface area contributed by atoms with Crippen molar-refractivity contribution in [3.8, 4) is 0 Å². The molecule has 0 spiro atoms. The molecular formula is C7H10Cl3F3O. The molecule has 0 aromatic carbocycles. The highest BCUT2D eigenvalue weighted by molar-refractivity contribution is 6.44. The predicted molar refractivity (Wildman–Crippen MR) is 51.0 cm³/mol. The quantitative estimate of drug-likeness (QED) is 0.523. The van der Waals surface area contributed by atoms with E-state index in [4.69, 9.17) is 39.5 Å². The first-order valence-electron chi connectivity index (χ1n) is 3.92. The van der Waals surface area contributed by atoms with Crippen molar-refractivity contribution in [1.29, 1.82) is 0 Å². The van der Waals surface area contributed by atoms with Gasteiger partial charge in [-0.15, -0.1) is 23.2 Å². The maximum Gasteiger partial charge on any atom is 0.389 e. The average molecular weight is 274 g/mol. The zero-order chi connectivity index (χ0) is 11.2. The summed E-state index contributed by atoms with van der Waals surface area (Å²) >= 11 is 16.3. The summed E-state index contributed by atoms with van der Waals surface area (Å²) in [6, 6.07) is 0. The molecule has 0 amide bonds. The molecule has 0 rings (SSSR count). The van der Waals surface area contributed by atoms with Gasteiger partial charge in [-0.3, -0.25) is 0 Å². The van der Waals surface area contributed by atoms with Gasteiger partial charge in [0.2, 0.25) is 0 Å². The minimum atomic E-state index is -4.15. The Morgan fingerprint density at radius 1 is 1.14 bits per heavy atom. The molecule has 0 aromatic heterocycles. The molecule has 0 aliphatic heterocycles. The summed E-state index contributed by atoms with van der Waals surface area (Å²) in [7, 11) is 0. The lowest BCUT2D eigenvalue weighted by Gasteiger charge is -2.11. The second kappa shape index (κ2) is 6.99. The number of hydrogen-bond donors (Lipinski definition) is 0. The summed E-state index contributed by atoms with van der Waals surface area (Å²) in [5.74, 6) is 0. The van der Waals surface area contributed by atoms with Crippen molar-refractivity contribution in [2.45, 2.75) is 35.8 Å². The van der Waals surface area contributed by atoms with Crippen molar-refractivity contribution >= 4 is 34.8 Å². The molecule has 0 heterocycles. The second-order valence-electron chi connectivity index (χ2n) is 2.63. The van der Waals surface area contributed by atoms with Gasteiger partial charge in [0.05, 0.1) is 0 Å². The van der Waals surface area contributed by atoms with Gasteiger partial charge in [0.25, 0.3) is 0 Å². The highest BCUT2D eigenvalue weighted by Gasteiger charge is 2.26. The molecule has 0 radical (unpaired) electrons. The van der Waals surface area contributed by atoms with E-state index in [1.54, 1.807) is 0 Å². The smallest absolute Gasteiger partial charge is 0.362 e. The zero-order valence-corrected chi connectivity index (χ0v) is 9.43. The summed E-state index contributed by atoms with van der Waals surface area (Å²) in [4.78, 5) is -0.667. The summed E-state index contributed by atoms with van der Waals surface area (Å²) in [5.41, 5.74) is -0.733. The van der Waals surface area contributed by atoms with Crippen molar-refractivity contribution in [2.24, 2.45) is 0 Å². The minimum Gasteiger partial charge on any atom is -0.362 e. The van der Waals surface area contributed by atoms with Gasteiger partial charge in [-0.1, -0.05) is 11.6 Å². The van der Waals surface area contributed by atoms with Gasteiger partial charge >= 0.3 is 6.18 Å². The first kappa shape index (κ1) is 14.6. The molecule has 1 nitrogen and oxygen atoms in total. The standard InChI is InChI=1S/C7H10Cl3F3O/c8-5(9)4-6(10)14-3-1-2-7(11,12)13/h5-6H,1-4H2. The highest BCUT2D eigenvalue weighted by atomic mass is 35.5. The Morgan fingerprint density at radius 3 is 2.14 bits per heavy atom. The van der Waals surface area contributed by atoms with Gasteiger partial charge in [-0.05, 0) is 6.42 Å². The van der Waals surface area contributed by atoms with Crippen LogP contribution < -0.4 is 0 Å². The topological polar surface area (TPSA) is 9.23 Å². The van der Waals surface area contributed by atoms with Crippen LogP contribution in [0.5, 0.6) is 0 Å². The van der Waals surface area contributed by atoms with Crippen molar-refractivity contribution in [2.75, 3.05) is 6.61 Å². The van der Waals surface area contributed by atoms with E-state index in [9.17, 15) is 13.2 Å². The largest absolute Gasteiger partial charge is 0.389 e. The Hall–Kier alpha value is 0.620. The fraction of sp³-hybridized carbons (Fsp3) is 1.00. The molecule has 0 saturated carbocycles. The summed E-state index contributed by atoms with van der Waals surface area (Å²) in [6.07, 6.45) is -4.94. The molecule has 0 aliphatic carbocycles. The van der Waals surface area contributed by atoms with E-state index >= 15 is 0 Å². The maximum absolute atomic E-state index is 11.7. The summed E-state index contributed by atoms with van der Waals surface area (Å²) < 4.78 is 39.8. The van der Waals surface area contributed by atoms with Gasteiger partial charge in [-0.2, -0.15) is 13.2 Å². The van der Waals surface area contributed by atoms with Crippen molar-refractivity contribution in [1.82, 2.24) is 0 Å². The minimum absolute atomic E-state index is 0.0474. The van der Waals surface area contributed by atoms with E-state index in [1.807, 2.05) is 0 Å². The molecule has 1 atom stereocenters. The van der Waals surface area contributed by atoms with Gasteiger partial charge < -0.3 is 4.74 Å². The van der Waals surface area contributed by atoms with Crippen molar-refractivity contribution in [3.05, 3.63) is 0 Å². The van der Waals surface area contributed by atoms with Crippen LogP contribution >= 0.6 is 34.8 Å². The van der Waals surface area contributed by atoms with Gasteiger partial charge in [-0.25, -0.2) is 0 Å². The second-order valence-corrected chi connectivity index (χ2v) is 4.39. The van der Waals surface area contributed by atoms with Crippen LogP contribution in [0.2, 0.25) is 0 Å². The van der Waals surface area contributed by atoms with E-state index in [0.29, 0.717) is 0 Å². The Morgan fingerprint density at radius 2 is 1.71 bits per heavy atom. The van der Waals surface area contributed by atoms with Crippen LogP contribution in [0.25, 0.3) is 0 Å². The number of hydrogen-bond acceptors (Lipinski definition) is 1. The molecule has 1 unspecified atom stereocenters. The summed E-state index contributed by atoms with van der Waals surface area (Å²) in [6.45, 7) is -0.0474. The monoisotopic (exact) mass is 272 g/mol. The SMILES string of the molecule is FC(F)(F)CCCOC(Cl)CC(Cl)Cl. The maximum atomic E-state index is 11.7. The number of halogens is 6. The van der Waals surface area contributed by atoms with E-state index in [1.165, 1.54) is 0 Å². The molecule has 14 heavy (non-hydrogen) atoms. The normalized spacial score (nSPS) is 14.8. The lowest BCUT2D eigenvalue weighted by Crippen LogP contribution is -2.13. The van der Waals surface area contributed by atoms with Gasteiger partial charge in [0, 0.05) is 19.4 Å². The van der Waals surface area contributed by atoms with Crippen LogP contribution in [0.15, 0.2) is 0 Å². The van der Waals surface area contributed by atoms with E-state index < -0.39 is 23.0 Å². The van der Waals surface area contributed by atoms with E-state index in [0.717, 1.165) is 0 Å². The zero-order valence-electron chi connectivity index (χ0n) is 7.16. The predicted octanol–water partition coefficient (Wildman–Crippen LogP) is 4.10. The van der Waals surface area contributed by atoms with Gasteiger partial charge in [0.15, 0.2) is 0 Å². The van der Waals surface area contributed by atoms with Crippen molar-refractivity contribution in [3.63, 3.8) is 0 Å². The molecule has 0 saturated heterocycles. The van der Waals surface area contributed by atoms with Crippen LogP contribution in [0.4, 0.5) is 13.2 Å². The molecule has 86 valence electrons. The number of alkyl halides is 6. The van der Waals surface area contributed by atoms with Crippen LogP contribution in [-0.2, 0) is 4.74 Å². The first-order chi connectivity index (χ1) is 6.31. The number of ether oxygens (including phenoxy) is 1. The third kappa shape index (κ3) is 10.7. The Balaban J connectivity index is 3.36. The average Bonchev–Trinajstić information content (AvgIpc) is 1.95. The molecule has 0 fully saturated rings. The number of rotatable bonds is 6. The molecule has 0 bridgehead atoms. The third-order valence-electron chi connectivity index (χ3n) is 1.27. The first-order valence-corrected chi connectivity index (χ1v) is 5.23. The Kier molecular flexibility index (Phi) is 7.30. The molecule has 0 N–H and O–H groups in total. The molecule has 0 aromatic rings. The van der Waals surface area contributed by atoms with E-state index in [2.05, 4.69) is 0 Å². The van der Waals surface area contributed by atoms with Crippen molar-refractivity contribution < 1.29 is 17.9 Å². The van der Waals surface area contributed by atoms with E-state index in [-0.39, 0.29) is 19.4 Å². The van der Waals surface area contributed by atoms with Crippen LogP contribution in [-0.4, -0.2) is 23.2 Å².